The molecule has 0 aliphatic heterocycles. The average Bonchev–Trinajstić information content (AvgIpc) is 2.54. The zero-order valence-corrected chi connectivity index (χ0v) is 13.5. The van der Waals surface area contributed by atoms with Gasteiger partial charge in [-0.1, -0.05) is 23.2 Å². The van der Waals surface area contributed by atoms with E-state index in [0.29, 0.717) is 29.7 Å². The Hall–Kier alpha value is -1.98. The molecule has 23 heavy (non-hydrogen) atoms. The number of ether oxygens (including phenoxy) is 2. The fraction of sp³-hybridized carbons (Fsp3) is 0.188. The van der Waals surface area contributed by atoms with Gasteiger partial charge < -0.3 is 14.8 Å². The minimum Gasteiger partial charge on any atom is -0.492 e. The maximum absolute atomic E-state index is 13.0. The Morgan fingerprint density at radius 2 is 1.74 bits per heavy atom. The van der Waals surface area contributed by atoms with E-state index in [1.807, 2.05) is 0 Å². The first-order valence-electron chi connectivity index (χ1n) is 6.77. The number of hydrogen-bond acceptors (Lipinski definition) is 3. The van der Waals surface area contributed by atoms with Crippen LogP contribution in [0, 0.1) is 5.82 Å². The van der Waals surface area contributed by atoms with Gasteiger partial charge in [0.1, 0.15) is 23.9 Å². The molecule has 0 aliphatic rings. The molecule has 1 N–H and O–H groups in total. The standard InChI is InChI=1S/C16H14Cl2FNO3/c17-11-1-3-12(4-2-11)22-8-7-20-16(21)10-23-13-5-6-15(19)14(18)9-13/h1-6,9H,7-8,10H2,(H,20,21). The van der Waals surface area contributed by atoms with Crippen LogP contribution >= 0.6 is 23.2 Å². The van der Waals surface area contributed by atoms with Crippen molar-refractivity contribution < 1.29 is 18.7 Å². The molecule has 0 atom stereocenters. The van der Waals surface area contributed by atoms with E-state index in [4.69, 9.17) is 32.7 Å². The number of benzene rings is 2. The van der Waals surface area contributed by atoms with Crippen molar-refractivity contribution in [3.63, 3.8) is 0 Å². The van der Waals surface area contributed by atoms with Gasteiger partial charge in [-0.15, -0.1) is 0 Å². The van der Waals surface area contributed by atoms with Crippen LogP contribution in [0.5, 0.6) is 11.5 Å². The van der Waals surface area contributed by atoms with Gasteiger partial charge in [0.05, 0.1) is 11.6 Å². The van der Waals surface area contributed by atoms with E-state index in [1.165, 1.54) is 18.2 Å². The molecule has 1 amide bonds. The molecular weight excluding hydrogens is 344 g/mol. The highest BCUT2D eigenvalue weighted by Gasteiger charge is 2.05. The Bertz CT molecular complexity index is 665. The van der Waals surface area contributed by atoms with E-state index in [1.54, 1.807) is 24.3 Å². The molecular formula is C16H14Cl2FNO3. The lowest BCUT2D eigenvalue weighted by molar-refractivity contribution is -0.123. The van der Waals surface area contributed by atoms with Gasteiger partial charge in [0, 0.05) is 11.1 Å². The zero-order chi connectivity index (χ0) is 16.7. The van der Waals surface area contributed by atoms with Gasteiger partial charge in [0.15, 0.2) is 6.61 Å². The minimum atomic E-state index is -0.539. The van der Waals surface area contributed by atoms with Gasteiger partial charge in [-0.3, -0.25) is 4.79 Å². The van der Waals surface area contributed by atoms with Gasteiger partial charge >= 0.3 is 0 Å². The van der Waals surface area contributed by atoms with Crippen molar-refractivity contribution in [3.8, 4) is 11.5 Å². The Morgan fingerprint density at radius 3 is 2.43 bits per heavy atom. The summed E-state index contributed by atoms with van der Waals surface area (Å²) in [6.45, 7) is 0.452. The molecule has 0 saturated heterocycles. The number of carbonyl (C=O) groups excluding carboxylic acids is 1. The molecule has 7 heteroatoms. The summed E-state index contributed by atoms with van der Waals surface area (Å²) in [6.07, 6.45) is 0. The topological polar surface area (TPSA) is 47.6 Å². The van der Waals surface area contributed by atoms with E-state index >= 15 is 0 Å². The third-order valence-electron chi connectivity index (χ3n) is 2.77. The predicted octanol–water partition coefficient (Wildman–Crippen LogP) is 3.71. The van der Waals surface area contributed by atoms with Crippen LogP contribution in [0.15, 0.2) is 42.5 Å². The summed E-state index contributed by atoms with van der Waals surface area (Å²) in [5.74, 6) is 0.137. The smallest absolute Gasteiger partial charge is 0.258 e. The summed E-state index contributed by atoms with van der Waals surface area (Å²) in [4.78, 5) is 11.6. The van der Waals surface area contributed by atoms with Crippen LogP contribution in [0.4, 0.5) is 4.39 Å². The molecule has 2 aromatic rings. The lowest BCUT2D eigenvalue weighted by Gasteiger charge is -2.09. The van der Waals surface area contributed by atoms with Crippen molar-refractivity contribution in [2.24, 2.45) is 0 Å². The van der Waals surface area contributed by atoms with Crippen molar-refractivity contribution in [1.82, 2.24) is 5.32 Å². The Morgan fingerprint density at radius 1 is 1.04 bits per heavy atom. The second kappa shape index (κ2) is 8.60. The van der Waals surface area contributed by atoms with Gasteiger partial charge in [-0.25, -0.2) is 4.39 Å². The van der Waals surface area contributed by atoms with E-state index in [0.717, 1.165) is 0 Å². The SMILES string of the molecule is O=C(COc1ccc(F)c(Cl)c1)NCCOc1ccc(Cl)cc1. The normalized spacial score (nSPS) is 10.2. The van der Waals surface area contributed by atoms with Crippen LogP contribution in [0.1, 0.15) is 0 Å². The third kappa shape index (κ3) is 5.96. The van der Waals surface area contributed by atoms with Crippen molar-refractivity contribution >= 4 is 29.1 Å². The molecule has 122 valence electrons. The van der Waals surface area contributed by atoms with Crippen LogP contribution in [-0.2, 0) is 4.79 Å². The van der Waals surface area contributed by atoms with Gasteiger partial charge in [-0.2, -0.15) is 0 Å². The van der Waals surface area contributed by atoms with Crippen LogP contribution in [0.3, 0.4) is 0 Å². The van der Waals surface area contributed by atoms with Crippen LogP contribution < -0.4 is 14.8 Å². The fourth-order valence-corrected chi connectivity index (χ4v) is 1.95. The molecule has 0 bridgehead atoms. The zero-order valence-electron chi connectivity index (χ0n) is 12.0. The maximum Gasteiger partial charge on any atom is 0.258 e. The van der Waals surface area contributed by atoms with Crippen LogP contribution in [0.2, 0.25) is 10.0 Å². The van der Waals surface area contributed by atoms with E-state index in [9.17, 15) is 9.18 Å². The minimum absolute atomic E-state index is 0.0562. The lowest BCUT2D eigenvalue weighted by Crippen LogP contribution is -2.32. The number of nitrogens with one attached hydrogen (secondary N) is 1. The summed E-state index contributed by atoms with van der Waals surface area (Å²) < 4.78 is 23.6. The Kier molecular flexibility index (Phi) is 6.50. The van der Waals surface area contributed by atoms with Crippen LogP contribution in [-0.4, -0.2) is 25.7 Å². The van der Waals surface area contributed by atoms with Crippen LogP contribution in [0.25, 0.3) is 0 Å². The summed E-state index contributed by atoms with van der Waals surface area (Å²) >= 11 is 11.4. The maximum atomic E-state index is 13.0. The highest BCUT2D eigenvalue weighted by Crippen LogP contribution is 2.20. The molecule has 0 aromatic heterocycles. The molecule has 2 aromatic carbocycles. The summed E-state index contributed by atoms with van der Waals surface area (Å²) in [5, 5.41) is 3.21. The first kappa shape index (κ1) is 17.4. The molecule has 2 rings (SSSR count). The lowest BCUT2D eigenvalue weighted by atomic mass is 10.3. The molecule has 0 fully saturated rings. The average molecular weight is 358 g/mol. The molecule has 0 saturated carbocycles. The first-order chi connectivity index (χ1) is 11.0. The molecule has 0 aliphatic carbocycles. The number of hydrogen-bond donors (Lipinski definition) is 1. The molecule has 0 radical (unpaired) electrons. The largest absolute Gasteiger partial charge is 0.492 e. The van der Waals surface area contributed by atoms with Crippen molar-refractivity contribution in [3.05, 3.63) is 58.3 Å². The van der Waals surface area contributed by atoms with Gasteiger partial charge in [0.25, 0.3) is 5.91 Å². The Labute approximate surface area is 143 Å². The second-order valence-corrected chi connectivity index (χ2v) is 5.36. The second-order valence-electron chi connectivity index (χ2n) is 4.52. The molecule has 0 unspecified atom stereocenters. The Balaban J connectivity index is 1.65. The summed E-state index contributed by atoms with van der Waals surface area (Å²) in [6, 6.07) is 10.8. The molecule has 0 spiro atoms. The summed E-state index contributed by atoms with van der Waals surface area (Å²) in [5.41, 5.74) is 0. The molecule has 0 heterocycles. The van der Waals surface area contributed by atoms with E-state index in [2.05, 4.69) is 5.32 Å². The van der Waals surface area contributed by atoms with Gasteiger partial charge in [-0.05, 0) is 36.4 Å². The van der Waals surface area contributed by atoms with Gasteiger partial charge in [0.2, 0.25) is 0 Å². The van der Waals surface area contributed by atoms with Crippen molar-refractivity contribution in [2.45, 2.75) is 0 Å². The highest BCUT2D eigenvalue weighted by molar-refractivity contribution is 6.31. The molecule has 4 nitrogen and oxygen atoms in total. The monoisotopic (exact) mass is 357 g/mol. The number of rotatable bonds is 7. The van der Waals surface area contributed by atoms with E-state index in [-0.39, 0.29) is 17.5 Å². The van der Waals surface area contributed by atoms with Crippen molar-refractivity contribution in [2.75, 3.05) is 19.8 Å². The number of halogens is 3. The third-order valence-corrected chi connectivity index (χ3v) is 3.31. The highest BCUT2D eigenvalue weighted by atomic mass is 35.5. The number of carbonyl (C=O) groups is 1. The first-order valence-corrected chi connectivity index (χ1v) is 7.53. The van der Waals surface area contributed by atoms with E-state index < -0.39 is 5.82 Å². The predicted molar refractivity (Wildman–Crippen MR) is 86.9 cm³/mol. The fourth-order valence-electron chi connectivity index (χ4n) is 1.66. The summed E-state index contributed by atoms with van der Waals surface area (Å²) in [7, 11) is 0. The number of amides is 1. The quantitative estimate of drug-likeness (QED) is 0.768. The van der Waals surface area contributed by atoms with Crippen molar-refractivity contribution in [1.29, 1.82) is 0 Å².